The topological polar surface area (TPSA) is 106 Å². The van der Waals surface area contributed by atoms with Gasteiger partial charge in [-0.1, -0.05) is 57.2 Å². The quantitative estimate of drug-likeness (QED) is 0.343. The third kappa shape index (κ3) is 8.98. The number of benzene rings is 2. The first kappa shape index (κ1) is 37.8. The number of para-hydroxylation sites is 2. The van der Waals surface area contributed by atoms with E-state index in [1.165, 1.54) is 0 Å². The minimum absolute atomic E-state index is 0.00000519. The van der Waals surface area contributed by atoms with Crippen molar-refractivity contribution in [2.45, 2.75) is 95.9 Å². The number of thioether (sulfide) groups is 1. The molecule has 12 heteroatoms. The summed E-state index contributed by atoms with van der Waals surface area (Å²) in [6.45, 7) is 17.0. The van der Waals surface area contributed by atoms with E-state index in [4.69, 9.17) is 4.74 Å². The first-order chi connectivity index (χ1) is 24.7. The van der Waals surface area contributed by atoms with Crippen molar-refractivity contribution < 1.29 is 23.9 Å². The summed E-state index contributed by atoms with van der Waals surface area (Å²) in [5.74, 6) is 0.0211. The highest BCUT2D eigenvalue weighted by atomic mass is 32.2. The highest BCUT2D eigenvalue weighted by Crippen LogP contribution is 2.48. The molecule has 4 aliphatic rings. The lowest BCUT2D eigenvalue weighted by atomic mass is 9.92. The number of rotatable bonds is 7. The van der Waals surface area contributed by atoms with Gasteiger partial charge in [-0.15, -0.1) is 11.8 Å². The van der Waals surface area contributed by atoms with Gasteiger partial charge >= 0.3 is 12.1 Å². The summed E-state index contributed by atoms with van der Waals surface area (Å²) in [7, 11) is 0. The molecule has 1 N–H and O–H groups in total. The number of urea groups is 1. The van der Waals surface area contributed by atoms with Gasteiger partial charge in [0.2, 0.25) is 11.8 Å². The number of nitrogens with one attached hydrogen (secondary N) is 1. The monoisotopic (exact) mass is 732 g/mol. The molecule has 0 radical (unpaired) electrons. The number of hydrogen-bond donors (Lipinski definition) is 1. The van der Waals surface area contributed by atoms with Crippen LogP contribution < -0.4 is 10.2 Å². The second-order valence-corrected chi connectivity index (χ2v) is 18.0. The molecule has 282 valence electrons. The van der Waals surface area contributed by atoms with Crippen molar-refractivity contribution in [2.24, 2.45) is 5.41 Å². The molecule has 2 unspecified atom stereocenters. The molecule has 0 aliphatic carbocycles. The average Bonchev–Trinajstić information content (AvgIpc) is 3.29. The zero-order valence-corrected chi connectivity index (χ0v) is 32.5. The van der Waals surface area contributed by atoms with E-state index in [9.17, 15) is 19.2 Å². The van der Waals surface area contributed by atoms with E-state index in [2.05, 4.69) is 49.2 Å². The van der Waals surface area contributed by atoms with Crippen LogP contribution in [0, 0.1) is 5.41 Å². The first-order valence-corrected chi connectivity index (χ1v) is 19.8. The van der Waals surface area contributed by atoms with Gasteiger partial charge in [-0.3, -0.25) is 9.59 Å². The molecule has 0 saturated carbocycles. The van der Waals surface area contributed by atoms with Crippen molar-refractivity contribution in [2.75, 3.05) is 62.6 Å². The number of fused-ring (bicyclic) bond motifs is 1. The van der Waals surface area contributed by atoms with Gasteiger partial charge in [0.05, 0.1) is 5.25 Å². The molecule has 0 bridgehead atoms. The van der Waals surface area contributed by atoms with Crippen LogP contribution >= 0.6 is 11.8 Å². The first-order valence-electron chi connectivity index (χ1n) is 18.9. The summed E-state index contributed by atoms with van der Waals surface area (Å²) in [5, 5.41) is 2.39. The fraction of sp³-hybridized carbons (Fsp3) is 0.600. The second kappa shape index (κ2) is 15.6. The average molecular weight is 733 g/mol. The van der Waals surface area contributed by atoms with Gasteiger partial charge in [-0.05, 0) is 69.6 Å². The Morgan fingerprint density at radius 2 is 1.52 bits per heavy atom. The molecule has 4 heterocycles. The molecule has 2 aromatic rings. The van der Waals surface area contributed by atoms with E-state index in [1.54, 1.807) is 16.7 Å². The van der Waals surface area contributed by atoms with Gasteiger partial charge in [-0.2, -0.15) is 0 Å². The van der Waals surface area contributed by atoms with Crippen LogP contribution in [0.25, 0.3) is 0 Å². The fourth-order valence-electron chi connectivity index (χ4n) is 7.54. The van der Waals surface area contributed by atoms with E-state index in [-0.39, 0.29) is 47.2 Å². The fourth-order valence-corrected chi connectivity index (χ4v) is 9.05. The Kier molecular flexibility index (Phi) is 11.3. The number of amides is 5. The molecule has 4 aliphatic heterocycles. The van der Waals surface area contributed by atoms with Crippen molar-refractivity contribution in [1.29, 1.82) is 0 Å². The Bertz CT molecular complexity index is 1620. The van der Waals surface area contributed by atoms with Gasteiger partial charge in [0.25, 0.3) is 0 Å². The van der Waals surface area contributed by atoms with Gasteiger partial charge < -0.3 is 34.6 Å². The van der Waals surface area contributed by atoms with Crippen LogP contribution in [0.5, 0.6) is 0 Å². The van der Waals surface area contributed by atoms with Gasteiger partial charge in [0, 0.05) is 81.8 Å². The van der Waals surface area contributed by atoms with E-state index in [1.807, 2.05) is 65.8 Å². The zero-order chi connectivity index (χ0) is 37.2. The van der Waals surface area contributed by atoms with Crippen molar-refractivity contribution >= 4 is 47.1 Å². The highest BCUT2D eigenvalue weighted by Gasteiger charge is 2.44. The number of piperazine rings is 1. The summed E-state index contributed by atoms with van der Waals surface area (Å²) in [6.07, 6.45) is 2.95. The van der Waals surface area contributed by atoms with Crippen LogP contribution in [0.3, 0.4) is 0 Å². The Labute approximate surface area is 313 Å². The Morgan fingerprint density at radius 3 is 2.21 bits per heavy atom. The Hall–Kier alpha value is -3.93. The lowest BCUT2D eigenvalue weighted by molar-refractivity contribution is -0.137. The Morgan fingerprint density at radius 1 is 0.846 bits per heavy atom. The maximum atomic E-state index is 14.2. The maximum Gasteiger partial charge on any atom is 0.410 e. The third-order valence-corrected chi connectivity index (χ3v) is 11.9. The molecule has 3 saturated heterocycles. The number of carbonyl (C=O) groups is 4. The van der Waals surface area contributed by atoms with Crippen LogP contribution in [0.4, 0.5) is 21.0 Å². The Balaban J connectivity index is 1.10. The van der Waals surface area contributed by atoms with Crippen LogP contribution in [0.2, 0.25) is 0 Å². The third-order valence-electron chi connectivity index (χ3n) is 10.5. The summed E-state index contributed by atoms with van der Waals surface area (Å²) in [4.78, 5) is 63.7. The molecule has 5 amide bonds. The number of nitrogens with zero attached hydrogens (tertiary/aromatic N) is 5. The lowest BCUT2D eigenvalue weighted by Gasteiger charge is -2.38. The SMILES string of the molecule is CC(C)(C)CCN1C(=O)C(CC(=O)N2CCC(N3CCc4ccccc4NC3=O)CC2)SC1c1ccccc1N1CCN(C(=O)OC(C)(C)C)CC1. The normalized spacial score (nSPS) is 21.9. The van der Waals surface area contributed by atoms with Crippen LogP contribution in [-0.2, 0) is 20.7 Å². The molecule has 0 spiro atoms. The molecular formula is C40H56N6O5S. The van der Waals surface area contributed by atoms with Crippen molar-refractivity contribution in [1.82, 2.24) is 19.6 Å². The predicted octanol–water partition coefficient (Wildman–Crippen LogP) is 6.59. The standard InChI is InChI=1S/C40H56N6O5S/c1-39(2,3)18-22-46-35(48)33(27-34(47)43-19-16-29(17-20-43)45-21-15-28-11-7-9-13-31(28)41-37(45)49)52-36(46)30-12-8-10-14-32(30)42-23-25-44(26-24-42)38(50)51-40(4,5)6/h7-14,29,33,36H,15-27H2,1-6H3,(H,41,49). The van der Waals surface area contributed by atoms with Crippen LogP contribution in [-0.4, -0.2) is 113 Å². The van der Waals surface area contributed by atoms with E-state index >= 15 is 0 Å². The minimum Gasteiger partial charge on any atom is -0.444 e. The molecule has 2 aromatic carbocycles. The molecule has 3 fully saturated rings. The second-order valence-electron chi connectivity index (χ2n) is 16.7. The number of likely N-dealkylation sites (tertiary alicyclic amines) is 1. The van der Waals surface area contributed by atoms with E-state index in [0.717, 1.165) is 48.2 Å². The highest BCUT2D eigenvalue weighted by molar-refractivity contribution is 8.01. The number of carbonyl (C=O) groups excluding carboxylic acids is 4. The smallest absolute Gasteiger partial charge is 0.410 e. The van der Waals surface area contributed by atoms with Crippen molar-refractivity contribution in [3.8, 4) is 0 Å². The molecule has 2 atom stereocenters. The van der Waals surface area contributed by atoms with Gasteiger partial charge in [0.15, 0.2) is 0 Å². The summed E-state index contributed by atoms with van der Waals surface area (Å²) >= 11 is 1.59. The maximum absolute atomic E-state index is 14.2. The number of piperidine rings is 1. The van der Waals surface area contributed by atoms with Crippen molar-refractivity contribution in [3.05, 3.63) is 59.7 Å². The number of anilines is 2. The van der Waals surface area contributed by atoms with Crippen molar-refractivity contribution in [3.63, 3.8) is 0 Å². The zero-order valence-electron chi connectivity index (χ0n) is 31.7. The van der Waals surface area contributed by atoms with Crippen LogP contribution in [0.1, 0.15) is 83.7 Å². The molecule has 11 nitrogen and oxygen atoms in total. The molecule has 0 aromatic heterocycles. The van der Waals surface area contributed by atoms with E-state index in [0.29, 0.717) is 52.4 Å². The molecular weight excluding hydrogens is 677 g/mol. The molecule has 52 heavy (non-hydrogen) atoms. The number of hydrogen-bond acceptors (Lipinski definition) is 7. The lowest BCUT2D eigenvalue weighted by Crippen LogP contribution is -2.50. The van der Waals surface area contributed by atoms with Gasteiger partial charge in [-0.25, -0.2) is 9.59 Å². The largest absolute Gasteiger partial charge is 0.444 e. The van der Waals surface area contributed by atoms with Gasteiger partial charge in [0.1, 0.15) is 11.0 Å². The molecule has 6 rings (SSSR count). The van der Waals surface area contributed by atoms with E-state index < -0.39 is 10.9 Å². The summed E-state index contributed by atoms with van der Waals surface area (Å²) in [6, 6.07) is 16.2. The summed E-state index contributed by atoms with van der Waals surface area (Å²) in [5.41, 5.74) is 3.64. The van der Waals surface area contributed by atoms with Crippen LogP contribution in [0.15, 0.2) is 48.5 Å². The minimum atomic E-state index is -0.545. The number of ether oxygens (including phenoxy) is 1. The predicted molar refractivity (Wildman–Crippen MR) is 206 cm³/mol. The summed E-state index contributed by atoms with van der Waals surface area (Å²) < 4.78 is 5.62.